The smallest absolute Gasteiger partial charge is 0.408 e. The molecule has 2 aromatic rings. The van der Waals surface area contributed by atoms with Crippen LogP contribution in [0.5, 0.6) is 11.6 Å². The third kappa shape index (κ3) is 7.43. The first-order valence-corrected chi connectivity index (χ1v) is 15.2. The van der Waals surface area contributed by atoms with Gasteiger partial charge in [0.25, 0.3) is 0 Å². The normalized spacial score (nSPS) is 23.1. The number of carbonyl (C=O) groups excluding carboxylic acids is 4. The molecule has 13 heteroatoms. The van der Waals surface area contributed by atoms with E-state index in [2.05, 4.69) is 15.6 Å². The SMILES string of the molecule is COC(=O)[C@@]1(NC(=O)[C@@H]2C[C@@H](Oc3nccc4cc(OC)ccc34)CN2C(=O)[C@@H](NC(=O)OC(C)(C)C)C(C)(C)C)C[C@H]1CC#N. The molecule has 0 bridgehead atoms. The molecule has 0 unspecified atom stereocenters. The number of methoxy groups -OCH3 is 2. The first-order chi connectivity index (χ1) is 21.5. The van der Waals surface area contributed by atoms with Crippen LogP contribution in [-0.4, -0.2) is 83.9 Å². The average molecular weight is 638 g/mol. The van der Waals surface area contributed by atoms with Crippen LogP contribution in [0.4, 0.5) is 4.79 Å². The van der Waals surface area contributed by atoms with Gasteiger partial charge < -0.3 is 34.5 Å². The highest BCUT2D eigenvalue weighted by Crippen LogP contribution is 2.47. The highest BCUT2D eigenvalue weighted by molar-refractivity contribution is 5.96. The van der Waals surface area contributed by atoms with Gasteiger partial charge in [0.15, 0.2) is 0 Å². The van der Waals surface area contributed by atoms with Crippen molar-refractivity contribution in [2.45, 2.75) is 90.1 Å². The fraction of sp³-hybridized carbons (Fsp3) is 0.576. The number of likely N-dealkylation sites (tertiary alicyclic amines) is 1. The maximum atomic E-state index is 14.3. The number of rotatable bonds is 9. The number of nitrogens with zero attached hydrogens (tertiary/aromatic N) is 3. The van der Waals surface area contributed by atoms with E-state index >= 15 is 0 Å². The number of fused-ring (bicyclic) bond motifs is 1. The van der Waals surface area contributed by atoms with Crippen LogP contribution in [0.25, 0.3) is 10.8 Å². The van der Waals surface area contributed by atoms with Gasteiger partial charge in [0, 0.05) is 30.3 Å². The minimum Gasteiger partial charge on any atom is -0.497 e. The molecule has 1 saturated heterocycles. The topological polar surface area (TPSA) is 169 Å². The van der Waals surface area contributed by atoms with E-state index in [0.717, 1.165) is 10.8 Å². The van der Waals surface area contributed by atoms with Gasteiger partial charge in [-0.3, -0.25) is 9.59 Å². The molecule has 2 aliphatic rings. The number of aromatic nitrogens is 1. The largest absolute Gasteiger partial charge is 0.497 e. The molecule has 5 atom stereocenters. The van der Waals surface area contributed by atoms with E-state index in [9.17, 15) is 24.4 Å². The van der Waals surface area contributed by atoms with Crippen molar-refractivity contribution in [3.8, 4) is 17.7 Å². The molecule has 13 nitrogen and oxygen atoms in total. The number of nitrogens with one attached hydrogen (secondary N) is 2. The Morgan fingerprint density at radius 1 is 1.13 bits per heavy atom. The van der Waals surface area contributed by atoms with Gasteiger partial charge in [-0.15, -0.1) is 0 Å². The Morgan fingerprint density at radius 2 is 1.85 bits per heavy atom. The number of hydrogen-bond acceptors (Lipinski definition) is 10. The first-order valence-electron chi connectivity index (χ1n) is 15.2. The zero-order valence-corrected chi connectivity index (χ0v) is 27.6. The summed E-state index contributed by atoms with van der Waals surface area (Å²) in [5, 5.41) is 16.3. The van der Waals surface area contributed by atoms with Gasteiger partial charge in [-0.1, -0.05) is 20.8 Å². The quantitative estimate of drug-likeness (QED) is 0.388. The van der Waals surface area contributed by atoms with Gasteiger partial charge >= 0.3 is 12.1 Å². The number of carbonyl (C=O) groups is 4. The van der Waals surface area contributed by atoms with Gasteiger partial charge in [-0.2, -0.15) is 5.26 Å². The summed E-state index contributed by atoms with van der Waals surface area (Å²) in [6.07, 6.45) is 0.541. The molecule has 46 heavy (non-hydrogen) atoms. The molecule has 0 radical (unpaired) electrons. The number of esters is 1. The Morgan fingerprint density at radius 3 is 2.46 bits per heavy atom. The van der Waals surface area contributed by atoms with Crippen molar-refractivity contribution in [3.05, 3.63) is 30.5 Å². The van der Waals surface area contributed by atoms with Crippen LogP contribution in [0, 0.1) is 22.7 Å². The molecule has 0 spiro atoms. The summed E-state index contributed by atoms with van der Waals surface area (Å²) in [6, 6.07) is 7.18. The monoisotopic (exact) mass is 637 g/mol. The zero-order valence-electron chi connectivity index (χ0n) is 27.6. The summed E-state index contributed by atoms with van der Waals surface area (Å²) in [5.41, 5.74) is -2.93. The summed E-state index contributed by atoms with van der Waals surface area (Å²) in [7, 11) is 2.79. The van der Waals surface area contributed by atoms with E-state index < -0.39 is 64.5 Å². The minimum absolute atomic E-state index is 0.000565. The van der Waals surface area contributed by atoms with Crippen LogP contribution in [0.3, 0.4) is 0 Å². The Bertz CT molecular complexity index is 1540. The Balaban J connectivity index is 1.66. The molecule has 2 fully saturated rings. The van der Waals surface area contributed by atoms with Crippen molar-refractivity contribution in [1.29, 1.82) is 5.26 Å². The molecule has 248 valence electrons. The van der Waals surface area contributed by atoms with Crippen LogP contribution in [0.15, 0.2) is 30.5 Å². The molecule has 1 aromatic carbocycles. The molecular weight excluding hydrogens is 594 g/mol. The Hall–Kier alpha value is -4.60. The molecule has 3 amide bonds. The summed E-state index contributed by atoms with van der Waals surface area (Å²) in [5.74, 6) is -1.19. The average Bonchev–Trinajstić information content (AvgIpc) is 3.49. The molecule has 1 aliphatic carbocycles. The second-order valence-electron chi connectivity index (χ2n) is 13.8. The predicted octanol–water partition coefficient (Wildman–Crippen LogP) is 3.49. The minimum atomic E-state index is -1.36. The summed E-state index contributed by atoms with van der Waals surface area (Å²) in [4.78, 5) is 59.6. The molecular formula is C33H43N5O8. The lowest BCUT2D eigenvalue weighted by atomic mass is 9.85. The maximum Gasteiger partial charge on any atom is 0.408 e. The van der Waals surface area contributed by atoms with Crippen molar-refractivity contribution in [3.63, 3.8) is 0 Å². The number of amides is 3. The Labute approximate surface area is 268 Å². The number of pyridine rings is 1. The third-order valence-electron chi connectivity index (χ3n) is 8.17. The predicted molar refractivity (Wildman–Crippen MR) is 167 cm³/mol. The van der Waals surface area contributed by atoms with Crippen molar-refractivity contribution >= 4 is 34.6 Å². The highest BCUT2D eigenvalue weighted by Gasteiger charge is 2.63. The van der Waals surface area contributed by atoms with Crippen molar-refractivity contribution in [2.75, 3.05) is 20.8 Å². The van der Waals surface area contributed by atoms with Gasteiger partial charge in [-0.25, -0.2) is 14.6 Å². The van der Waals surface area contributed by atoms with E-state index in [4.69, 9.17) is 18.9 Å². The lowest BCUT2D eigenvalue weighted by Gasteiger charge is -2.36. The van der Waals surface area contributed by atoms with Gasteiger partial charge in [0.2, 0.25) is 17.7 Å². The van der Waals surface area contributed by atoms with Crippen LogP contribution in [0.1, 0.15) is 60.8 Å². The molecule has 1 saturated carbocycles. The molecule has 2 heterocycles. The number of alkyl carbamates (subject to hydrolysis) is 1. The second kappa shape index (κ2) is 13.0. The summed E-state index contributed by atoms with van der Waals surface area (Å²) in [6.45, 7) is 10.5. The third-order valence-corrected chi connectivity index (χ3v) is 8.17. The number of benzene rings is 1. The van der Waals surface area contributed by atoms with Gasteiger partial charge in [0.1, 0.15) is 35.1 Å². The van der Waals surface area contributed by atoms with E-state index in [1.54, 1.807) is 60.9 Å². The van der Waals surface area contributed by atoms with E-state index in [0.29, 0.717) is 11.6 Å². The molecule has 1 aromatic heterocycles. The fourth-order valence-corrected chi connectivity index (χ4v) is 5.75. The summed E-state index contributed by atoms with van der Waals surface area (Å²) >= 11 is 0. The zero-order chi connectivity index (χ0) is 34.0. The van der Waals surface area contributed by atoms with Crippen LogP contribution < -0.4 is 20.1 Å². The Kier molecular flexibility index (Phi) is 9.70. The number of ether oxygens (including phenoxy) is 4. The molecule has 2 N–H and O–H groups in total. The summed E-state index contributed by atoms with van der Waals surface area (Å²) < 4.78 is 22.1. The second-order valence-corrected chi connectivity index (χ2v) is 13.8. The van der Waals surface area contributed by atoms with Gasteiger partial charge in [-0.05, 0) is 62.3 Å². The lowest BCUT2D eigenvalue weighted by Crippen LogP contribution is -2.59. The van der Waals surface area contributed by atoms with Crippen LogP contribution in [-0.2, 0) is 23.9 Å². The van der Waals surface area contributed by atoms with E-state index in [1.165, 1.54) is 12.0 Å². The molecule has 1 aliphatic heterocycles. The van der Waals surface area contributed by atoms with E-state index in [-0.39, 0.29) is 25.8 Å². The van der Waals surface area contributed by atoms with Gasteiger partial charge in [0.05, 0.1) is 26.8 Å². The number of nitriles is 1. The van der Waals surface area contributed by atoms with Crippen molar-refractivity contribution in [1.82, 2.24) is 20.5 Å². The van der Waals surface area contributed by atoms with Crippen LogP contribution >= 0.6 is 0 Å². The fourth-order valence-electron chi connectivity index (χ4n) is 5.75. The van der Waals surface area contributed by atoms with Crippen molar-refractivity contribution < 1.29 is 38.1 Å². The lowest BCUT2D eigenvalue weighted by molar-refractivity contribution is -0.148. The number of hydrogen-bond donors (Lipinski definition) is 2. The van der Waals surface area contributed by atoms with Crippen LogP contribution in [0.2, 0.25) is 0 Å². The first kappa shape index (κ1) is 34.3. The van der Waals surface area contributed by atoms with Crippen molar-refractivity contribution in [2.24, 2.45) is 11.3 Å². The van der Waals surface area contributed by atoms with E-state index in [1.807, 2.05) is 24.3 Å². The molecule has 4 rings (SSSR count). The standard InChI is InChI=1S/C33H43N5O8/c1-31(2,3)25(36-30(42)46-32(4,5)6)28(40)38-18-22(45-27-23-10-9-21(43-7)15-19(23)12-14-35-27)16-24(38)26(39)37-33(29(41)44-8)17-20(33)11-13-34/h9-10,12,14-15,20,22,24-25H,11,16-18H2,1-8H3,(H,36,42)(H,37,39)/t20-,22-,24+,25-,33-/m1/s1. The maximum absolute atomic E-state index is 14.3. The highest BCUT2D eigenvalue weighted by atomic mass is 16.6.